The number of esters is 2. The number of hydrogen-bond donors (Lipinski definition) is 1. The van der Waals surface area contributed by atoms with Crippen molar-refractivity contribution in [2.24, 2.45) is 23.7 Å². The van der Waals surface area contributed by atoms with Crippen LogP contribution in [0.15, 0.2) is 24.3 Å². The van der Waals surface area contributed by atoms with Crippen LogP contribution in [-0.2, 0) is 19.1 Å². The first-order chi connectivity index (χ1) is 12.0. The lowest BCUT2D eigenvalue weighted by Crippen LogP contribution is -2.40. The summed E-state index contributed by atoms with van der Waals surface area (Å²) < 4.78 is 10.4. The van der Waals surface area contributed by atoms with Crippen molar-refractivity contribution in [3.05, 3.63) is 29.8 Å². The maximum atomic E-state index is 12.8. The van der Waals surface area contributed by atoms with Gasteiger partial charge in [0.1, 0.15) is 6.10 Å². The average molecular weight is 408 g/mol. The number of halogens is 1. The van der Waals surface area contributed by atoms with Crippen molar-refractivity contribution in [3.8, 4) is 0 Å². The molecule has 0 spiro atoms. The third kappa shape index (κ3) is 2.56. The van der Waals surface area contributed by atoms with E-state index in [1.54, 1.807) is 31.2 Å². The molecule has 2 saturated carbocycles. The minimum absolute atomic E-state index is 0.0436. The smallest absolute Gasteiger partial charge is 0.338 e. The molecular weight excluding hydrogens is 390 g/mol. The highest BCUT2D eigenvalue weighted by Gasteiger charge is 2.67. The molecule has 132 valence electrons. The molecule has 1 heterocycles. The molecule has 1 saturated heterocycles. The molecular formula is C18H18BrNO5. The SMILES string of the molecule is CCOC(=O)c1ccc(NC(=O)[C@@H]2[C@H]3C[C@H]4[C@H](OC(=O)[C@@H]42)[C@H]3Br)cc1. The molecule has 0 radical (unpaired) electrons. The number of carbonyl (C=O) groups is 3. The van der Waals surface area contributed by atoms with E-state index in [9.17, 15) is 14.4 Å². The second kappa shape index (κ2) is 6.12. The zero-order valence-corrected chi connectivity index (χ0v) is 15.2. The van der Waals surface area contributed by atoms with Gasteiger partial charge in [-0.2, -0.15) is 0 Å². The van der Waals surface area contributed by atoms with Gasteiger partial charge in [0.05, 0.1) is 28.8 Å². The molecule has 1 aromatic carbocycles. The van der Waals surface area contributed by atoms with Gasteiger partial charge in [-0.15, -0.1) is 0 Å². The van der Waals surface area contributed by atoms with Crippen molar-refractivity contribution in [2.75, 3.05) is 11.9 Å². The summed E-state index contributed by atoms with van der Waals surface area (Å²) >= 11 is 3.60. The molecule has 7 heteroatoms. The van der Waals surface area contributed by atoms with Crippen molar-refractivity contribution < 1.29 is 23.9 Å². The minimum Gasteiger partial charge on any atom is -0.462 e. The molecule has 6 atom stereocenters. The molecule has 3 aliphatic rings. The van der Waals surface area contributed by atoms with Crippen LogP contribution < -0.4 is 5.32 Å². The van der Waals surface area contributed by atoms with E-state index in [0.29, 0.717) is 17.9 Å². The van der Waals surface area contributed by atoms with E-state index in [4.69, 9.17) is 9.47 Å². The highest BCUT2D eigenvalue weighted by Crippen LogP contribution is 2.60. The number of carbonyl (C=O) groups excluding carboxylic acids is 3. The maximum absolute atomic E-state index is 12.8. The number of amides is 1. The Balaban J connectivity index is 1.47. The fraction of sp³-hybridized carbons (Fsp3) is 0.500. The minimum atomic E-state index is -0.393. The van der Waals surface area contributed by atoms with Gasteiger partial charge in [0.2, 0.25) is 5.91 Å². The standard InChI is InChI=1S/C18H18BrNO5/c1-2-24-17(22)8-3-5-9(6-4-8)20-16(21)12-10-7-11-13(12)18(23)25-15(11)14(10)19/h3-6,10-15H,2,7H2,1H3,(H,20,21)/t10-,11-,12-,13+,14+,15+/m1/s1. The molecule has 2 bridgehead atoms. The van der Waals surface area contributed by atoms with Gasteiger partial charge in [-0.25, -0.2) is 4.79 Å². The van der Waals surface area contributed by atoms with Crippen LogP contribution >= 0.6 is 15.9 Å². The third-order valence-electron chi connectivity index (χ3n) is 5.49. The van der Waals surface area contributed by atoms with Gasteiger partial charge in [-0.1, -0.05) is 15.9 Å². The highest BCUT2D eigenvalue weighted by atomic mass is 79.9. The summed E-state index contributed by atoms with van der Waals surface area (Å²) in [6.07, 6.45) is 0.757. The van der Waals surface area contributed by atoms with Crippen LogP contribution in [0.4, 0.5) is 5.69 Å². The van der Waals surface area contributed by atoms with Crippen LogP contribution in [0, 0.1) is 23.7 Å². The van der Waals surface area contributed by atoms with E-state index >= 15 is 0 Å². The van der Waals surface area contributed by atoms with Gasteiger partial charge < -0.3 is 14.8 Å². The Morgan fingerprint density at radius 2 is 2.00 bits per heavy atom. The largest absolute Gasteiger partial charge is 0.462 e. The molecule has 1 aliphatic heterocycles. The van der Waals surface area contributed by atoms with Crippen LogP contribution in [0.25, 0.3) is 0 Å². The summed E-state index contributed by atoms with van der Waals surface area (Å²) in [5.41, 5.74) is 1.03. The molecule has 4 rings (SSSR count). The number of nitrogens with one attached hydrogen (secondary N) is 1. The van der Waals surface area contributed by atoms with Gasteiger partial charge >= 0.3 is 11.9 Å². The van der Waals surface area contributed by atoms with Crippen LogP contribution in [0.5, 0.6) is 0 Å². The molecule has 2 aliphatic carbocycles. The molecule has 25 heavy (non-hydrogen) atoms. The predicted octanol–water partition coefficient (Wildman–Crippen LogP) is 2.37. The first-order valence-corrected chi connectivity index (χ1v) is 9.35. The normalized spacial score (nSPS) is 34.7. The molecule has 0 unspecified atom stereocenters. The zero-order valence-electron chi connectivity index (χ0n) is 13.6. The second-order valence-corrected chi connectivity index (χ2v) is 7.81. The molecule has 1 N–H and O–H groups in total. The van der Waals surface area contributed by atoms with Crippen LogP contribution in [0.3, 0.4) is 0 Å². The van der Waals surface area contributed by atoms with Crippen molar-refractivity contribution in [2.45, 2.75) is 24.3 Å². The van der Waals surface area contributed by atoms with Crippen LogP contribution in [0.1, 0.15) is 23.7 Å². The maximum Gasteiger partial charge on any atom is 0.338 e. The molecule has 0 aromatic heterocycles. The molecule has 6 nitrogen and oxygen atoms in total. The van der Waals surface area contributed by atoms with Gasteiger partial charge in [-0.05, 0) is 43.5 Å². The summed E-state index contributed by atoms with van der Waals surface area (Å²) in [5, 5.41) is 2.87. The number of rotatable bonds is 4. The van der Waals surface area contributed by atoms with Gasteiger partial charge in [0.15, 0.2) is 0 Å². The number of hydrogen-bond acceptors (Lipinski definition) is 5. The lowest BCUT2D eigenvalue weighted by molar-refractivity contribution is -0.145. The summed E-state index contributed by atoms with van der Waals surface area (Å²) in [4.78, 5) is 36.6. The Labute approximate surface area is 153 Å². The van der Waals surface area contributed by atoms with Crippen molar-refractivity contribution in [3.63, 3.8) is 0 Å². The highest BCUT2D eigenvalue weighted by molar-refractivity contribution is 9.09. The fourth-order valence-electron chi connectivity index (χ4n) is 4.46. The summed E-state index contributed by atoms with van der Waals surface area (Å²) in [6.45, 7) is 2.06. The summed E-state index contributed by atoms with van der Waals surface area (Å²) in [5.74, 6) is -1.25. The van der Waals surface area contributed by atoms with Gasteiger partial charge in [-0.3, -0.25) is 9.59 Å². The lowest BCUT2D eigenvalue weighted by atomic mass is 9.79. The number of ether oxygens (including phenoxy) is 2. The van der Waals surface area contributed by atoms with E-state index in [2.05, 4.69) is 21.2 Å². The Morgan fingerprint density at radius 1 is 1.28 bits per heavy atom. The van der Waals surface area contributed by atoms with E-state index < -0.39 is 5.97 Å². The van der Waals surface area contributed by atoms with Gasteiger partial charge in [0.25, 0.3) is 0 Å². The number of fused-ring (bicyclic) bond motifs is 1. The summed E-state index contributed by atoms with van der Waals surface area (Å²) in [7, 11) is 0. The predicted molar refractivity (Wildman–Crippen MR) is 92.2 cm³/mol. The van der Waals surface area contributed by atoms with Crippen molar-refractivity contribution >= 4 is 39.5 Å². The quantitative estimate of drug-likeness (QED) is 0.611. The van der Waals surface area contributed by atoms with Crippen LogP contribution in [0.2, 0.25) is 0 Å². The Bertz CT molecular complexity index is 733. The average Bonchev–Trinajstić information content (AvgIpc) is 3.20. The molecule has 1 amide bonds. The van der Waals surface area contributed by atoms with Crippen molar-refractivity contribution in [1.29, 1.82) is 0 Å². The molecule has 1 aromatic rings. The van der Waals surface area contributed by atoms with Gasteiger partial charge in [0, 0.05) is 11.6 Å². The molecule has 3 fully saturated rings. The topological polar surface area (TPSA) is 81.7 Å². The fourth-order valence-corrected chi connectivity index (χ4v) is 5.50. The van der Waals surface area contributed by atoms with E-state index in [1.807, 2.05) is 0 Å². The first-order valence-electron chi connectivity index (χ1n) is 8.44. The Morgan fingerprint density at radius 3 is 2.68 bits per heavy atom. The number of alkyl halides is 1. The third-order valence-corrected chi connectivity index (χ3v) is 6.69. The van der Waals surface area contributed by atoms with E-state index in [0.717, 1.165) is 6.42 Å². The van der Waals surface area contributed by atoms with E-state index in [1.165, 1.54) is 0 Å². The summed E-state index contributed by atoms with van der Waals surface area (Å²) in [6, 6.07) is 6.56. The zero-order chi connectivity index (χ0) is 17.7. The number of anilines is 1. The van der Waals surface area contributed by atoms with Crippen LogP contribution in [-0.4, -0.2) is 35.4 Å². The van der Waals surface area contributed by atoms with Crippen molar-refractivity contribution in [1.82, 2.24) is 0 Å². The Kier molecular flexibility index (Phi) is 4.06. The number of benzene rings is 1. The lowest BCUT2D eigenvalue weighted by Gasteiger charge is -2.27. The Hall–Kier alpha value is -1.89. The second-order valence-electron chi connectivity index (χ2n) is 6.75. The van der Waals surface area contributed by atoms with E-state index in [-0.39, 0.29) is 46.5 Å². The first kappa shape index (κ1) is 16.6. The monoisotopic (exact) mass is 407 g/mol.